The first kappa shape index (κ1) is 12.8. The van der Waals surface area contributed by atoms with Gasteiger partial charge in [0, 0.05) is 23.4 Å². The lowest BCUT2D eigenvalue weighted by Crippen LogP contribution is -2.17. The van der Waals surface area contributed by atoms with E-state index in [9.17, 15) is 14.4 Å². The number of hydrogen-bond acceptors (Lipinski definition) is 3. The van der Waals surface area contributed by atoms with E-state index >= 15 is 0 Å². The largest absolute Gasteiger partial charge is 0.329 e. The summed E-state index contributed by atoms with van der Waals surface area (Å²) in [6.45, 7) is 1.43. The van der Waals surface area contributed by atoms with E-state index in [1.54, 1.807) is 24.3 Å². The summed E-state index contributed by atoms with van der Waals surface area (Å²) < 4.78 is 0. The van der Waals surface area contributed by atoms with E-state index in [2.05, 4.69) is 10.3 Å². The molecule has 1 aromatic heterocycles. The number of aromatic nitrogens is 1. The van der Waals surface area contributed by atoms with Crippen LogP contribution in [0.3, 0.4) is 0 Å². The Bertz CT molecular complexity index is 689. The minimum absolute atomic E-state index is 0.137. The number of H-pyrrole nitrogens is 1. The van der Waals surface area contributed by atoms with Gasteiger partial charge in [-0.1, -0.05) is 12.1 Å². The first-order valence-electron chi connectivity index (χ1n) is 5.68. The molecule has 96 valence electrons. The third-order valence-electron chi connectivity index (χ3n) is 2.59. The predicted octanol–water partition coefficient (Wildman–Crippen LogP) is 1.83. The third-order valence-corrected chi connectivity index (χ3v) is 2.59. The Labute approximate surface area is 109 Å². The second-order valence-corrected chi connectivity index (χ2v) is 4.00. The maximum Gasteiger partial charge on any atom is 0.255 e. The maximum atomic E-state index is 12.0. The third kappa shape index (κ3) is 2.95. The number of carbonyl (C=O) groups is 2. The van der Waals surface area contributed by atoms with Crippen molar-refractivity contribution in [1.82, 2.24) is 4.98 Å². The minimum Gasteiger partial charge on any atom is -0.329 e. The Hall–Kier alpha value is -2.69. The lowest BCUT2D eigenvalue weighted by molar-refractivity contribution is 0.101. The molecule has 0 radical (unpaired) electrons. The summed E-state index contributed by atoms with van der Waals surface area (Å²) in [5, 5.41) is 2.62. The van der Waals surface area contributed by atoms with Gasteiger partial charge in [0.25, 0.3) is 5.91 Å². The van der Waals surface area contributed by atoms with Crippen LogP contribution in [-0.4, -0.2) is 16.7 Å². The van der Waals surface area contributed by atoms with Gasteiger partial charge in [0.1, 0.15) is 0 Å². The van der Waals surface area contributed by atoms with E-state index in [4.69, 9.17) is 0 Å². The van der Waals surface area contributed by atoms with Gasteiger partial charge in [-0.2, -0.15) is 0 Å². The average molecular weight is 256 g/mol. The standard InChI is InChI=1S/C14H12N2O3/c1-9(17)11-4-2-3-5-12(11)16-14(19)10-6-7-15-13(18)8-10/h2-8H,1H3,(H,15,18)(H,16,19). The Balaban J connectivity index is 2.29. The highest BCUT2D eigenvalue weighted by Gasteiger charge is 2.11. The smallest absolute Gasteiger partial charge is 0.255 e. The normalized spacial score (nSPS) is 9.95. The summed E-state index contributed by atoms with van der Waals surface area (Å²) in [5.41, 5.74) is 0.746. The van der Waals surface area contributed by atoms with E-state index in [1.807, 2.05) is 0 Å². The monoisotopic (exact) mass is 256 g/mol. The zero-order valence-electron chi connectivity index (χ0n) is 10.3. The molecule has 1 aromatic carbocycles. The van der Waals surface area contributed by atoms with Crippen LogP contribution in [0.2, 0.25) is 0 Å². The van der Waals surface area contributed by atoms with Crippen molar-refractivity contribution in [3.05, 3.63) is 64.1 Å². The fourth-order valence-corrected chi connectivity index (χ4v) is 1.68. The molecule has 0 saturated heterocycles. The molecule has 0 unspecified atom stereocenters. The van der Waals surface area contributed by atoms with Crippen LogP contribution >= 0.6 is 0 Å². The number of anilines is 1. The van der Waals surface area contributed by atoms with Crippen LogP contribution in [0.4, 0.5) is 5.69 Å². The number of pyridine rings is 1. The Morgan fingerprint density at radius 3 is 2.58 bits per heavy atom. The van der Waals surface area contributed by atoms with Gasteiger partial charge in [-0.05, 0) is 25.1 Å². The van der Waals surface area contributed by atoms with Crippen LogP contribution < -0.4 is 10.9 Å². The van der Waals surface area contributed by atoms with Crippen molar-refractivity contribution < 1.29 is 9.59 Å². The number of para-hydroxylation sites is 1. The Morgan fingerprint density at radius 1 is 1.16 bits per heavy atom. The zero-order chi connectivity index (χ0) is 13.8. The average Bonchev–Trinajstić information content (AvgIpc) is 2.39. The summed E-state index contributed by atoms with van der Waals surface area (Å²) in [4.78, 5) is 37.0. The van der Waals surface area contributed by atoms with E-state index in [0.29, 0.717) is 11.3 Å². The van der Waals surface area contributed by atoms with E-state index < -0.39 is 5.91 Å². The summed E-state index contributed by atoms with van der Waals surface area (Å²) in [6, 6.07) is 9.41. The molecule has 1 heterocycles. The summed E-state index contributed by atoms with van der Waals surface area (Å²) in [6.07, 6.45) is 1.40. The van der Waals surface area contributed by atoms with Crippen LogP contribution in [0.1, 0.15) is 27.6 Å². The fourth-order valence-electron chi connectivity index (χ4n) is 1.68. The van der Waals surface area contributed by atoms with Crippen molar-refractivity contribution in [2.45, 2.75) is 6.92 Å². The number of aromatic amines is 1. The lowest BCUT2D eigenvalue weighted by atomic mass is 10.1. The summed E-state index contributed by atoms with van der Waals surface area (Å²) in [7, 11) is 0. The van der Waals surface area contributed by atoms with Crippen molar-refractivity contribution in [2.75, 3.05) is 5.32 Å². The molecule has 19 heavy (non-hydrogen) atoms. The highest BCUT2D eigenvalue weighted by atomic mass is 16.2. The first-order valence-corrected chi connectivity index (χ1v) is 5.68. The second kappa shape index (κ2) is 5.30. The number of nitrogens with one attached hydrogen (secondary N) is 2. The molecule has 0 atom stereocenters. The van der Waals surface area contributed by atoms with Crippen LogP contribution in [0, 0.1) is 0 Å². The number of carbonyl (C=O) groups excluding carboxylic acids is 2. The van der Waals surface area contributed by atoms with Gasteiger partial charge in [-0.15, -0.1) is 0 Å². The second-order valence-electron chi connectivity index (χ2n) is 4.00. The van der Waals surface area contributed by atoms with Crippen molar-refractivity contribution in [3.8, 4) is 0 Å². The van der Waals surface area contributed by atoms with Crippen molar-refractivity contribution >= 4 is 17.4 Å². The van der Waals surface area contributed by atoms with Crippen molar-refractivity contribution in [2.24, 2.45) is 0 Å². The Kier molecular flexibility index (Phi) is 3.56. The molecular weight excluding hydrogens is 244 g/mol. The molecular formula is C14H12N2O3. The number of hydrogen-bond donors (Lipinski definition) is 2. The number of Topliss-reactive ketones (excluding diaryl/α,β-unsaturated/α-hetero) is 1. The summed E-state index contributed by atoms with van der Waals surface area (Å²) in [5.74, 6) is -0.568. The number of rotatable bonds is 3. The molecule has 1 amide bonds. The topological polar surface area (TPSA) is 79.0 Å². The van der Waals surface area contributed by atoms with Crippen molar-refractivity contribution in [1.29, 1.82) is 0 Å². The molecule has 0 fully saturated rings. The van der Waals surface area contributed by atoms with Gasteiger partial charge in [0.15, 0.2) is 5.78 Å². The maximum absolute atomic E-state index is 12.0. The van der Waals surface area contributed by atoms with Gasteiger partial charge in [-0.3, -0.25) is 14.4 Å². The predicted molar refractivity (Wildman–Crippen MR) is 71.5 cm³/mol. The van der Waals surface area contributed by atoms with Crippen molar-refractivity contribution in [3.63, 3.8) is 0 Å². The molecule has 0 saturated carbocycles. The van der Waals surface area contributed by atoms with Gasteiger partial charge < -0.3 is 10.3 Å². The molecule has 0 bridgehead atoms. The molecule has 2 rings (SSSR count). The van der Waals surface area contributed by atoms with Crippen LogP contribution in [-0.2, 0) is 0 Å². The molecule has 2 N–H and O–H groups in total. The molecule has 5 heteroatoms. The SMILES string of the molecule is CC(=O)c1ccccc1NC(=O)c1cc[nH]c(=O)c1. The van der Waals surface area contributed by atoms with Gasteiger partial charge in [-0.25, -0.2) is 0 Å². The quantitative estimate of drug-likeness (QED) is 0.822. The minimum atomic E-state index is -0.431. The first-order chi connectivity index (χ1) is 9.08. The molecule has 2 aromatic rings. The van der Waals surface area contributed by atoms with E-state index in [0.717, 1.165) is 0 Å². The molecule has 0 aliphatic carbocycles. The molecule has 0 aliphatic heterocycles. The van der Waals surface area contributed by atoms with Crippen LogP contribution in [0.15, 0.2) is 47.4 Å². The molecule has 0 aliphatic rings. The zero-order valence-corrected chi connectivity index (χ0v) is 10.3. The van der Waals surface area contributed by atoms with Crippen LogP contribution in [0.5, 0.6) is 0 Å². The highest BCUT2D eigenvalue weighted by molar-refractivity contribution is 6.08. The summed E-state index contributed by atoms with van der Waals surface area (Å²) >= 11 is 0. The van der Waals surface area contributed by atoms with Gasteiger partial charge >= 0.3 is 0 Å². The lowest BCUT2D eigenvalue weighted by Gasteiger charge is -2.08. The van der Waals surface area contributed by atoms with Gasteiger partial charge in [0.05, 0.1) is 5.69 Å². The van der Waals surface area contributed by atoms with E-state index in [1.165, 1.54) is 25.3 Å². The van der Waals surface area contributed by atoms with E-state index in [-0.39, 0.29) is 16.9 Å². The fraction of sp³-hybridized carbons (Fsp3) is 0.0714. The number of benzene rings is 1. The number of ketones is 1. The van der Waals surface area contributed by atoms with Gasteiger partial charge in [0.2, 0.25) is 5.56 Å². The molecule has 5 nitrogen and oxygen atoms in total. The number of amides is 1. The van der Waals surface area contributed by atoms with Crippen LogP contribution in [0.25, 0.3) is 0 Å². The Morgan fingerprint density at radius 2 is 1.89 bits per heavy atom. The molecule has 0 spiro atoms. The highest BCUT2D eigenvalue weighted by Crippen LogP contribution is 2.16.